The van der Waals surface area contributed by atoms with Crippen LogP contribution in [-0.4, -0.2) is 88.0 Å². The van der Waals surface area contributed by atoms with E-state index in [-0.39, 0.29) is 37.5 Å². The zero-order valence-electron chi connectivity index (χ0n) is 24.8. The molecule has 2 aromatic heterocycles. The summed E-state index contributed by atoms with van der Waals surface area (Å²) in [4.78, 5) is 41.4. The summed E-state index contributed by atoms with van der Waals surface area (Å²) in [7, 11) is 2.11. The molecule has 3 aliphatic heterocycles. The lowest BCUT2D eigenvalue weighted by molar-refractivity contribution is 0.0617. The van der Waals surface area contributed by atoms with E-state index in [0.717, 1.165) is 49.0 Å². The molecule has 4 N–H and O–H groups in total. The Bertz CT molecular complexity index is 1780. The molecule has 3 aliphatic rings. The molecule has 2 aromatic carbocycles. The summed E-state index contributed by atoms with van der Waals surface area (Å²) < 4.78 is 16.8. The molecule has 0 spiro atoms. The maximum absolute atomic E-state index is 13.3. The number of aliphatic hydroxyl groups is 1. The second-order valence-corrected chi connectivity index (χ2v) is 11.7. The predicted molar refractivity (Wildman–Crippen MR) is 164 cm³/mol. The van der Waals surface area contributed by atoms with Crippen molar-refractivity contribution in [2.24, 2.45) is 0 Å². The maximum Gasteiger partial charge on any atom is 0.261 e. The monoisotopic (exact) mass is 600 g/mol. The Morgan fingerprint density at radius 1 is 1.16 bits per heavy atom. The molecule has 12 nitrogen and oxygen atoms in total. The standard InChI is InChI=1S/C32H36N6O6/c1-3-18-11-27-28(44-17-43-27)13-26(18)42-16-21(39)14-34-23-4-7-33-31(40)29(23)30-35-24-10-19-15-38(20-5-8-37(2)9-6-20)32(41)22(19)12-25(24)36-30/h4,7,10-13,20-21,39H,3,5-6,8-9,14-17H2,1-2H3,(H,35,36)(H2,33,34,40). The normalized spacial score (nSPS) is 17.3. The van der Waals surface area contributed by atoms with Gasteiger partial charge in [0.1, 0.15) is 29.8 Å². The third-order valence-corrected chi connectivity index (χ3v) is 8.76. The summed E-state index contributed by atoms with van der Waals surface area (Å²) in [5.41, 5.74) is 4.48. The number of imidazole rings is 1. The molecule has 0 aliphatic carbocycles. The van der Waals surface area contributed by atoms with Gasteiger partial charge in [0.25, 0.3) is 11.5 Å². The lowest BCUT2D eigenvalue weighted by atomic mass is 10.0. The van der Waals surface area contributed by atoms with Gasteiger partial charge in [-0.25, -0.2) is 4.98 Å². The number of nitrogens with one attached hydrogen (secondary N) is 3. The van der Waals surface area contributed by atoms with Gasteiger partial charge in [-0.2, -0.15) is 0 Å². The smallest absolute Gasteiger partial charge is 0.261 e. The second-order valence-electron chi connectivity index (χ2n) is 11.7. The minimum atomic E-state index is -0.866. The zero-order valence-corrected chi connectivity index (χ0v) is 24.8. The highest BCUT2D eigenvalue weighted by Gasteiger charge is 2.34. The van der Waals surface area contributed by atoms with Crippen LogP contribution in [0.25, 0.3) is 22.4 Å². The molecule has 0 saturated carbocycles. The van der Waals surface area contributed by atoms with Crippen molar-refractivity contribution in [2.75, 3.05) is 45.4 Å². The highest BCUT2D eigenvalue weighted by molar-refractivity contribution is 6.02. The topological polar surface area (TPSA) is 145 Å². The Hall–Kier alpha value is -4.55. The van der Waals surface area contributed by atoms with E-state index in [1.165, 1.54) is 0 Å². The lowest BCUT2D eigenvalue weighted by Crippen LogP contribution is -2.43. The van der Waals surface area contributed by atoms with Crippen LogP contribution in [0, 0.1) is 0 Å². The number of benzene rings is 2. The Morgan fingerprint density at radius 3 is 2.75 bits per heavy atom. The molecule has 1 unspecified atom stereocenters. The van der Waals surface area contributed by atoms with Crippen LogP contribution in [0.2, 0.25) is 0 Å². The van der Waals surface area contributed by atoms with Crippen molar-refractivity contribution in [3.05, 3.63) is 63.6 Å². The number of likely N-dealkylation sites (tertiary alicyclic amines) is 1. The first-order chi connectivity index (χ1) is 21.4. The SMILES string of the molecule is CCc1cc2c(cc1OCC(O)CNc1cc[nH]c(=O)c1-c1nc3cc4c(cc3[nH]1)CN(C1CCN(C)CC1)C4=O)OCO2. The molecule has 1 atom stereocenters. The van der Waals surface area contributed by atoms with Gasteiger partial charge in [0.2, 0.25) is 6.79 Å². The molecule has 4 aromatic rings. The van der Waals surface area contributed by atoms with Crippen LogP contribution in [0.1, 0.15) is 41.3 Å². The van der Waals surface area contributed by atoms with E-state index in [4.69, 9.17) is 19.2 Å². The maximum atomic E-state index is 13.3. The van der Waals surface area contributed by atoms with Gasteiger partial charge in [-0.3, -0.25) is 9.59 Å². The average molecular weight is 601 g/mol. The second kappa shape index (κ2) is 11.5. The van der Waals surface area contributed by atoms with Crippen LogP contribution in [0.3, 0.4) is 0 Å². The molecule has 230 valence electrons. The Kier molecular flexibility index (Phi) is 7.39. The number of H-pyrrole nitrogens is 2. The summed E-state index contributed by atoms with van der Waals surface area (Å²) in [6.07, 6.45) is 3.37. The predicted octanol–water partition coefficient (Wildman–Crippen LogP) is 3.11. The van der Waals surface area contributed by atoms with Crippen molar-refractivity contribution in [1.29, 1.82) is 0 Å². The number of pyridine rings is 1. The van der Waals surface area contributed by atoms with Gasteiger partial charge in [0.05, 0.1) is 16.7 Å². The number of aryl methyl sites for hydroxylation is 1. The minimum Gasteiger partial charge on any atom is -0.490 e. The minimum absolute atomic E-state index is 0.0387. The first-order valence-corrected chi connectivity index (χ1v) is 15.1. The van der Waals surface area contributed by atoms with Gasteiger partial charge in [0, 0.05) is 37.0 Å². The van der Waals surface area contributed by atoms with Crippen molar-refractivity contribution in [2.45, 2.75) is 44.9 Å². The number of rotatable bonds is 9. The number of ether oxygens (including phenoxy) is 3. The van der Waals surface area contributed by atoms with Gasteiger partial charge in [-0.1, -0.05) is 6.92 Å². The largest absolute Gasteiger partial charge is 0.490 e. The van der Waals surface area contributed by atoms with Gasteiger partial charge in [-0.15, -0.1) is 0 Å². The molecule has 1 fully saturated rings. The van der Waals surface area contributed by atoms with E-state index in [0.29, 0.717) is 51.9 Å². The Balaban J connectivity index is 1.06. The Morgan fingerprint density at radius 2 is 1.95 bits per heavy atom. The number of carbonyl (C=O) groups excluding carboxylic acids is 1. The first-order valence-electron chi connectivity index (χ1n) is 15.1. The van der Waals surface area contributed by atoms with Crippen molar-refractivity contribution in [3.63, 3.8) is 0 Å². The third-order valence-electron chi connectivity index (χ3n) is 8.76. The Labute approximate surface area is 253 Å². The summed E-state index contributed by atoms with van der Waals surface area (Å²) in [6.45, 7) is 4.93. The molecule has 12 heteroatoms. The van der Waals surface area contributed by atoms with Crippen LogP contribution >= 0.6 is 0 Å². The van der Waals surface area contributed by atoms with Gasteiger partial charge in [0.15, 0.2) is 11.5 Å². The molecule has 44 heavy (non-hydrogen) atoms. The van der Waals surface area contributed by atoms with E-state index < -0.39 is 6.10 Å². The number of piperidine rings is 1. The summed E-state index contributed by atoms with van der Waals surface area (Å²) in [5, 5.41) is 13.9. The zero-order chi connectivity index (χ0) is 30.4. The number of fused-ring (bicyclic) bond motifs is 3. The first kappa shape index (κ1) is 28.2. The van der Waals surface area contributed by atoms with Crippen molar-refractivity contribution in [1.82, 2.24) is 24.8 Å². The van der Waals surface area contributed by atoms with E-state index in [1.54, 1.807) is 18.3 Å². The molecule has 0 bridgehead atoms. The molecule has 0 radical (unpaired) electrons. The number of aromatic nitrogens is 3. The van der Waals surface area contributed by atoms with E-state index in [1.807, 2.05) is 30.0 Å². The fraction of sp³-hybridized carbons (Fsp3) is 0.406. The van der Waals surface area contributed by atoms with Gasteiger partial charge >= 0.3 is 0 Å². The van der Waals surface area contributed by atoms with E-state index >= 15 is 0 Å². The van der Waals surface area contributed by atoms with E-state index in [9.17, 15) is 14.7 Å². The third kappa shape index (κ3) is 5.24. The fourth-order valence-corrected chi connectivity index (χ4v) is 6.27. The number of aromatic amines is 2. The molecular weight excluding hydrogens is 564 g/mol. The van der Waals surface area contributed by atoms with E-state index in [2.05, 4.69) is 27.2 Å². The van der Waals surface area contributed by atoms with Crippen molar-refractivity contribution in [3.8, 4) is 28.6 Å². The van der Waals surface area contributed by atoms with Crippen LogP contribution in [-0.2, 0) is 13.0 Å². The number of nitrogens with zero attached hydrogens (tertiary/aromatic N) is 3. The lowest BCUT2D eigenvalue weighted by Gasteiger charge is -2.34. The van der Waals surface area contributed by atoms with Crippen LogP contribution in [0.4, 0.5) is 5.69 Å². The number of anilines is 1. The van der Waals surface area contributed by atoms with Crippen LogP contribution < -0.4 is 25.1 Å². The number of aliphatic hydroxyl groups excluding tert-OH is 1. The fourth-order valence-electron chi connectivity index (χ4n) is 6.27. The van der Waals surface area contributed by atoms with Crippen molar-refractivity contribution >= 4 is 22.6 Å². The summed E-state index contributed by atoms with van der Waals surface area (Å²) in [5.74, 6) is 2.37. The highest BCUT2D eigenvalue weighted by atomic mass is 16.7. The number of amides is 1. The van der Waals surface area contributed by atoms with Crippen molar-refractivity contribution < 1.29 is 24.1 Å². The summed E-state index contributed by atoms with van der Waals surface area (Å²) in [6, 6.07) is 9.46. The molecule has 7 rings (SSSR count). The molecule has 1 amide bonds. The number of hydrogen-bond acceptors (Lipinski definition) is 9. The van der Waals surface area contributed by atoms with Gasteiger partial charge in [-0.05, 0) is 74.8 Å². The molecule has 5 heterocycles. The molecular formula is C32H36N6O6. The highest BCUT2D eigenvalue weighted by Crippen LogP contribution is 2.38. The number of carbonyl (C=O) groups is 1. The van der Waals surface area contributed by atoms with Crippen LogP contribution in [0.15, 0.2) is 41.3 Å². The quantitative estimate of drug-likeness (QED) is 0.228. The average Bonchev–Trinajstić information content (AvgIpc) is 3.74. The number of hydrogen-bond donors (Lipinski definition) is 4. The van der Waals surface area contributed by atoms with Gasteiger partial charge < -0.3 is 44.4 Å². The molecule has 1 saturated heterocycles. The van der Waals surface area contributed by atoms with Crippen LogP contribution in [0.5, 0.6) is 17.2 Å². The summed E-state index contributed by atoms with van der Waals surface area (Å²) >= 11 is 0.